The van der Waals surface area contributed by atoms with E-state index in [1.807, 2.05) is 0 Å². The maximum absolute atomic E-state index is 2.46. The van der Waals surface area contributed by atoms with Crippen LogP contribution in [0.5, 0.6) is 0 Å². The molecule has 74 valence electrons. The zero-order valence-electron chi connectivity index (χ0n) is 8.74. The van der Waals surface area contributed by atoms with Crippen molar-refractivity contribution in [3.63, 3.8) is 0 Å². The Hall–Kier alpha value is -1.08. The van der Waals surface area contributed by atoms with Gasteiger partial charge in [0, 0.05) is 13.1 Å². The molecular formula is C13H17N. The van der Waals surface area contributed by atoms with Gasteiger partial charge in [0.2, 0.25) is 0 Å². The van der Waals surface area contributed by atoms with E-state index < -0.39 is 0 Å². The van der Waals surface area contributed by atoms with Crippen molar-refractivity contribution in [3.05, 3.63) is 42.0 Å². The molecule has 0 spiro atoms. The third-order valence-corrected chi connectivity index (χ3v) is 2.89. The molecule has 0 atom stereocenters. The first-order chi connectivity index (χ1) is 6.90. The maximum atomic E-state index is 2.46. The van der Waals surface area contributed by atoms with Crippen LogP contribution in [0.15, 0.2) is 36.4 Å². The lowest BCUT2D eigenvalue weighted by Gasteiger charge is -2.24. The van der Waals surface area contributed by atoms with E-state index in [1.165, 1.54) is 30.6 Å². The molecule has 1 aliphatic rings. The van der Waals surface area contributed by atoms with Gasteiger partial charge in [0.25, 0.3) is 0 Å². The molecule has 1 heterocycles. The van der Waals surface area contributed by atoms with Gasteiger partial charge in [0.1, 0.15) is 0 Å². The minimum atomic E-state index is 1.11. The van der Waals surface area contributed by atoms with Gasteiger partial charge in [-0.25, -0.2) is 0 Å². The van der Waals surface area contributed by atoms with Crippen LogP contribution in [0.1, 0.15) is 18.9 Å². The molecule has 0 amide bonds. The maximum Gasteiger partial charge on any atom is 0.0169 e. The molecule has 0 bridgehead atoms. The number of benzene rings is 1. The van der Waals surface area contributed by atoms with Gasteiger partial charge in [-0.15, -0.1) is 0 Å². The zero-order valence-corrected chi connectivity index (χ0v) is 8.74. The fourth-order valence-corrected chi connectivity index (χ4v) is 1.91. The van der Waals surface area contributed by atoms with E-state index in [0.29, 0.717) is 0 Å². The molecule has 14 heavy (non-hydrogen) atoms. The molecule has 2 rings (SSSR count). The van der Waals surface area contributed by atoms with Gasteiger partial charge >= 0.3 is 0 Å². The van der Waals surface area contributed by atoms with Crippen molar-refractivity contribution in [2.45, 2.75) is 13.3 Å². The lowest BCUT2D eigenvalue weighted by molar-refractivity contribution is 0.319. The van der Waals surface area contributed by atoms with Crippen molar-refractivity contribution in [3.8, 4) is 0 Å². The van der Waals surface area contributed by atoms with Crippen LogP contribution < -0.4 is 0 Å². The van der Waals surface area contributed by atoms with Crippen LogP contribution in [0.4, 0.5) is 0 Å². The van der Waals surface area contributed by atoms with Crippen LogP contribution in [0, 0.1) is 0 Å². The molecule has 0 unspecified atom stereocenters. The predicted molar refractivity (Wildman–Crippen MR) is 61.2 cm³/mol. The SMILES string of the molecule is CCN1CC=C(c2ccccc2)CC1. The van der Waals surface area contributed by atoms with Crippen LogP contribution >= 0.6 is 0 Å². The zero-order chi connectivity index (χ0) is 9.80. The van der Waals surface area contributed by atoms with Gasteiger partial charge < -0.3 is 0 Å². The normalized spacial score (nSPS) is 17.9. The molecule has 0 saturated heterocycles. The van der Waals surface area contributed by atoms with Gasteiger partial charge in [0.05, 0.1) is 0 Å². The number of nitrogens with zero attached hydrogens (tertiary/aromatic N) is 1. The van der Waals surface area contributed by atoms with Gasteiger partial charge in [-0.1, -0.05) is 43.3 Å². The molecule has 1 heteroatoms. The second-order valence-corrected chi connectivity index (χ2v) is 3.74. The number of hydrogen-bond donors (Lipinski definition) is 0. The first kappa shape index (κ1) is 9.47. The van der Waals surface area contributed by atoms with Crippen molar-refractivity contribution in [1.29, 1.82) is 0 Å². The van der Waals surface area contributed by atoms with Crippen molar-refractivity contribution in [1.82, 2.24) is 4.90 Å². The van der Waals surface area contributed by atoms with E-state index in [1.54, 1.807) is 0 Å². The first-order valence-corrected chi connectivity index (χ1v) is 5.37. The highest BCUT2D eigenvalue weighted by Gasteiger charge is 2.10. The average molecular weight is 187 g/mol. The van der Waals surface area contributed by atoms with Crippen LogP contribution in [-0.2, 0) is 0 Å². The van der Waals surface area contributed by atoms with E-state index in [-0.39, 0.29) is 0 Å². The molecule has 1 aromatic carbocycles. The monoisotopic (exact) mass is 187 g/mol. The van der Waals surface area contributed by atoms with E-state index in [0.717, 1.165) is 6.54 Å². The number of likely N-dealkylation sites (N-methyl/N-ethyl adjacent to an activating group) is 1. The Kier molecular flexibility index (Phi) is 3.00. The molecule has 1 aliphatic heterocycles. The summed E-state index contributed by atoms with van der Waals surface area (Å²) in [5, 5.41) is 0. The van der Waals surface area contributed by atoms with Crippen LogP contribution in [0.2, 0.25) is 0 Å². The molecule has 0 saturated carbocycles. The molecule has 0 N–H and O–H groups in total. The second-order valence-electron chi connectivity index (χ2n) is 3.74. The van der Waals surface area contributed by atoms with Gasteiger partial charge in [0.15, 0.2) is 0 Å². The van der Waals surface area contributed by atoms with E-state index in [9.17, 15) is 0 Å². The molecule has 1 nitrogen and oxygen atoms in total. The molecule has 0 radical (unpaired) electrons. The summed E-state index contributed by atoms with van der Waals surface area (Å²) in [5.41, 5.74) is 2.90. The summed E-state index contributed by atoms with van der Waals surface area (Å²) < 4.78 is 0. The summed E-state index contributed by atoms with van der Waals surface area (Å²) >= 11 is 0. The summed E-state index contributed by atoms with van der Waals surface area (Å²) in [7, 11) is 0. The van der Waals surface area contributed by atoms with Gasteiger partial charge in [-0.2, -0.15) is 0 Å². The highest BCUT2D eigenvalue weighted by molar-refractivity contribution is 5.66. The first-order valence-electron chi connectivity index (χ1n) is 5.37. The standard InChI is InChI=1S/C13H17N/c1-2-14-10-8-13(9-11-14)12-6-4-3-5-7-12/h3-8H,2,9-11H2,1H3. The van der Waals surface area contributed by atoms with Gasteiger partial charge in [-0.3, -0.25) is 4.90 Å². The lowest BCUT2D eigenvalue weighted by Crippen LogP contribution is -2.27. The van der Waals surface area contributed by atoms with Crippen molar-refractivity contribution in [2.24, 2.45) is 0 Å². The van der Waals surface area contributed by atoms with E-state index >= 15 is 0 Å². The topological polar surface area (TPSA) is 3.24 Å². The Balaban J connectivity index is 2.11. The quantitative estimate of drug-likeness (QED) is 0.688. The van der Waals surface area contributed by atoms with Gasteiger partial charge in [-0.05, 0) is 24.1 Å². The largest absolute Gasteiger partial charge is 0.300 e. The summed E-state index contributed by atoms with van der Waals surface area (Å²) in [4.78, 5) is 2.46. The minimum Gasteiger partial charge on any atom is -0.300 e. The third-order valence-electron chi connectivity index (χ3n) is 2.89. The smallest absolute Gasteiger partial charge is 0.0169 e. The Labute approximate surface area is 86.1 Å². The second kappa shape index (κ2) is 4.43. The molecule has 1 aromatic rings. The number of rotatable bonds is 2. The number of hydrogen-bond acceptors (Lipinski definition) is 1. The fraction of sp³-hybridized carbons (Fsp3) is 0.385. The molecular weight excluding hydrogens is 170 g/mol. The molecule has 0 aromatic heterocycles. The summed E-state index contributed by atoms with van der Waals surface area (Å²) in [6.07, 6.45) is 3.56. The van der Waals surface area contributed by atoms with E-state index in [4.69, 9.17) is 0 Å². The van der Waals surface area contributed by atoms with Crippen molar-refractivity contribution in [2.75, 3.05) is 19.6 Å². The summed E-state index contributed by atoms with van der Waals surface area (Å²) in [6.45, 7) is 5.71. The minimum absolute atomic E-state index is 1.11. The molecule has 0 fully saturated rings. The predicted octanol–water partition coefficient (Wildman–Crippen LogP) is 2.80. The summed E-state index contributed by atoms with van der Waals surface area (Å²) in [5.74, 6) is 0. The third kappa shape index (κ3) is 2.05. The van der Waals surface area contributed by atoms with Crippen molar-refractivity contribution < 1.29 is 0 Å². The lowest BCUT2D eigenvalue weighted by atomic mass is 10.00. The van der Waals surface area contributed by atoms with Crippen LogP contribution in [0.25, 0.3) is 5.57 Å². The Morgan fingerprint density at radius 2 is 2.00 bits per heavy atom. The van der Waals surface area contributed by atoms with Crippen molar-refractivity contribution >= 4 is 5.57 Å². The van der Waals surface area contributed by atoms with Crippen LogP contribution in [-0.4, -0.2) is 24.5 Å². The Bertz CT molecular complexity index is 313. The summed E-state index contributed by atoms with van der Waals surface area (Å²) in [6, 6.07) is 10.7. The van der Waals surface area contributed by atoms with E-state index in [2.05, 4.69) is 48.2 Å². The highest BCUT2D eigenvalue weighted by Crippen LogP contribution is 2.21. The fourth-order valence-electron chi connectivity index (χ4n) is 1.91. The molecule has 0 aliphatic carbocycles. The average Bonchev–Trinajstić information content (AvgIpc) is 2.30. The highest BCUT2D eigenvalue weighted by atomic mass is 15.1. The Morgan fingerprint density at radius 3 is 2.57 bits per heavy atom. The Morgan fingerprint density at radius 1 is 1.21 bits per heavy atom. The van der Waals surface area contributed by atoms with Crippen LogP contribution in [0.3, 0.4) is 0 Å².